The zero-order chi connectivity index (χ0) is 20.5. The number of likely N-dealkylation sites (N-methyl/N-ethyl adjacent to an activating group) is 1. The highest BCUT2D eigenvalue weighted by molar-refractivity contribution is 5.80. The van der Waals surface area contributed by atoms with E-state index in [9.17, 15) is 0 Å². The molecule has 164 valence electrons. The summed E-state index contributed by atoms with van der Waals surface area (Å²) in [5, 5.41) is 11.5. The number of fused-ring (bicyclic) bond motifs is 1. The highest BCUT2D eigenvalue weighted by Crippen LogP contribution is 2.13. The van der Waals surface area contributed by atoms with Gasteiger partial charge in [-0.15, -0.1) is 0 Å². The maximum absolute atomic E-state index is 5.15. The van der Waals surface area contributed by atoms with Gasteiger partial charge in [-0.2, -0.15) is 5.10 Å². The van der Waals surface area contributed by atoms with Crippen LogP contribution in [0, 0.1) is 0 Å². The second-order valence-electron chi connectivity index (χ2n) is 8.05. The third-order valence-corrected chi connectivity index (χ3v) is 5.57. The van der Waals surface area contributed by atoms with Crippen LogP contribution >= 0.6 is 0 Å². The second kappa shape index (κ2) is 11.5. The second-order valence-corrected chi connectivity index (χ2v) is 8.05. The number of ether oxygens (including phenoxy) is 1. The van der Waals surface area contributed by atoms with Crippen LogP contribution in [-0.2, 0) is 24.3 Å². The molecule has 1 saturated heterocycles. The SMILES string of the molecule is CCNC(=NCCCN1CCCN(C)CC1)NC1CCc2nc(COC)nn2C1. The molecule has 2 N–H and O–H groups in total. The molecule has 0 radical (unpaired) electrons. The van der Waals surface area contributed by atoms with Gasteiger partial charge >= 0.3 is 0 Å². The first-order valence-electron chi connectivity index (χ1n) is 11.0. The van der Waals surface area contributed by atoms with Gasteiger partial charge < -0.3 is 25.2 Å². The van der Waals surface area contributed by atoms with Crippen LogP contribution in [0.2, 0.25) is 0 Å². The Labute approximate surface area is 174 Å². The molecule has 3 rings (SSSR count). The zero-order valence-corrected chi connectivity index (χ0v) is 18.4. The van der Waals surface area contributed by atoms with Crippen molar-refractivity contribution in [3.8, 4) is 0 Å². The van der Waals surface area contributed by atoms with E-state index in [1.54, 1.807) is 7.11 Å². The Hall–Kier alpha value is -1.71. The minimum absolute atomic E-state index is 0.318. The van der Waals surface area contributed by atoms with Crippen LogP contribution < -0.4 is 10.6 Å². The van der Waals surface area contributed by atoms with Crippen molar-refractivity contribution >= 4 is 5.96 Å². The van der Waals surface area contributed by atoms with Crippen LogP contribution in [-0.4, -0.2) is 96.5 Å². The van der Waals surface area contributed by atoms with Crippen LogP contribution in [0.5, 0.6) is 0 Å². The molecule has 0 amide bonds. The van der Waals surface area contributed by atoms with E-state index in [-0.39, 0.29) is 0 Å². The fourth-order valence-electron chi connectivity index (χ4n) is 3.99. The Balaban J connectivity index is 1.45. The van der Waals surface area contributed by atoms with Gasteiger partial charge in [-0.05, 0) is 52.9 Å². The molecule has 0 saturated carbocycles. The van der Waals surface area contributed by atoms with Crippen LogP contribution in [0.1, 0.15) is 37.8 Å². The third-order valence-electron chi connectivity index (χ3n) is 5.57. The first-order chi connectivity index (χ1) is 14.2. The van der Waals surface area contributed by atoms with Gasteiger partial charge in [0.2, 0.25) is 0 Å². The molecule has 0 spiro atoms. The molecule has 1 aromatic heterocycles. The molecule has 29 heavy (non-hydrogen) atoms. The molecule has 1 unspecified atom stereocenters. The monoisotopic (exact) mass is 406 g/mol. The lowest BCUT2D eigenvalue weighted by atomic mass is 10.1. The summed E-state index contributed by atoms with van der Waals surface area (Å²) in [6, 6.07) is 0.318. The first-order valence-corrected chi connectivity index (χ1v) is 11.0. The van der Waals surface area contributed by atoms with E-state index in [1.165, 1.54) is 32.6 Å². The van der Waals surface area contributed by atoms with Gasteiger partial charge in [0.25, 0.3) is 0 Å². The summed E-state index contributed by atoms with van der Waals surface area (Å²) in [7, 11) is 3.89. The van der Waals surface area contributed by atoms with E-state index in [4.69, 9.17) is 9.73 Å². The molecule has 1 fully saturated rings. The Morgan fingerprint density at radius 3 is 3.00 bits per heavy atom. The van der Waals surface area contributed by atoms with Crippen molar-refractivity contribution in [3.05, 3.63) is 11.6 Å². The molecule has 9 heteroatoms. The average molecular weight is 407 g/mol. The van der Waals surface area contributed by atoms with Crippen molar-refractivity contribution < 1.29 is 4.74 Å². The largest absolute Gasteiger partial charge is 0.377 e. The molecular weight excluding hydrogens is 368 g/mol. The first kappa shape index (κ1) is 22.0. The van der Waals surface area contributed by atoms with E-state index in [0.29, 0.717) is 12.6 Å². The Morgan fingerprint density at radius 2 is 2.17 bits per heavy atom. The lowest BCUT2D eigenvalue weighted by Crippen LogP contribution is -2.47. The number of aryl methyl sites for hydroxylation is 1. The molecule has 1 aromatic rings. The number of nitrogens with zero attached hydrogens (tertiary/aromatic N) is 6. The highest BCUT2D eigenvalue weighted by atomic mass is 16.5. The van der Waals surface area contributed by atoms with E-state index in [2.05, 4.69) is 44.5 Å². The van der Waals surface area contributed by atoms with E-state index >= 15 is 0 Å². The number of methoxy groups -OCH3 is 1. The van der Waals surface area contributed by atoms with E-state index in [1.807, 2.05) is 4.68 Å². The fourth-order valence-corrected chi connectivity index (χ4v) is 3.99. The fraction of sp³-hybridized carbons (Fsp3) is 0.850. The van der Waals surface area contributed by atoms with Gasteiger partial charge in [0, 0.05) is 45.8 Å². The van der Waals surface area contributed by atoms with Crippen LogP contribution in [0.3, 0.4) is 0 Å². The Kier molecular flexibility index (Phi) is 8.69. The molecule has 3 heterocycles. The zero-order valence-electron chi connectivity index (χ0n) is 18.4. The van der Waals surface area contributed by atoms with Gasteiger partial charge in [0.1, 0.15) is 12.4 Å². The number of hydrogen-bond donors (Lipinski definition) is 2. The number of nitrogens with one attached hydrogen (secondary N) is 2. The minimum Gasteiger partial charge on any atom is -0.377 e. The van der Waals surface area contributed by atoms with Crippen LogP contribution in [0.4, 0.5) is 0 Å². The summed E-state index contributed by atoms with van der Waals surface area (Å²) in [6.07, 6.45) is 4.33. The average Bonchev–Trinajstić information content (AvgIpc) is 2.98. The normalized spacial score (nSPS) is 21.6. The van der Waals surface area contributed by atoms with Gasteiger partial charge in [0.15, 0.2) is 11.8 Å². The quantitative estimate of drug-likeness (QED) is 0.366. The maximum atomic E-state index is 5.15. The van der Waals surface area contributed by atoms with Gasteiger partial charge in [0.05, 0.1) is 6.54 Å². The number of hydrogen-bond acceptors (Lipinski definition) is 6. The number of aliphatic imine (C=N–C) groups is 1. The van der Waals surface area contributed by atoms with Crippen molar-refractivity contribution in [3.63, 3.8) is 0 Å². The summed E-state index contributed by atoms with van der Waals surface area (Å²) >= 11 is 0. The third kappa shape index (κ3) is 6.94. The topological polar surface area (TPSA) is 82.8 Å². The predicted octanol–water partition coefficient (Wildman–Crippen LogP) is 0.322. The Morgan fingerprint density at radius 1 is 1.28 bits per heavy atom. The molecule has 0 aromatic carbocycles. The van der Waals surface area contributed by atoms with Crippen LogP contribution in [0.15, 0.2) is 4.99 Å². The van der Waals surface area contributed by atoms with Crippen molar-refractivity contribution in [1.82, 2.24) is 35.2 Å². The minimum atomic E-state index is 0.318. The molecule has 2 aliphatic rings. The molecular formula is C20H38N8O. The smallest absolute Gasteiger partial charge is 0.191 e. The molecule has 0 bridgehead atoms. The lowest BCUT2D eigenvalue weighted by molar-refractivity contribution is 0.177. The molecule has 2 aliphatic heterocycles. The van der Waals surface area contributed by atoms with Crippen molar-refractivity contribution in [2.75, 3.05) is 60.0 Å². The summed E-state index contributed by atoms with van der Waals surface area (Å²) < 4.78 is 7.16. The highest BCUT2D eigenvalue weighted by Gasteiger charge is 2.22. The predicted molar refractivity (Wildman–Crippen MR) is 115 cm³/mol. The van der Waals surface area contributed by atoms with Crippen molar-refractivity contribution in [1.29, 1.82) is 0 Å². The lowest BCUT2D eigenvalue weighted by Gasteiger charge is -2.25. The number of aromatic nitrogens is 3. The summed E-state index contributed by atoms with van der Waals surface area (Å²) in [6.45, 7) is 11.0. The number of rotatable bonds is 8. The Bertz CT molecular complexity index is 646. The van der Waals surface area contributed by atoms with E-state index < -0.39 is 0 Å². The van der Waals surface area contributed by atoms with Crippen LogP contribution in [0.25, 0.3) is 0 Å². The maximum Gasteiger partial charge on any atom is 0.191 e. The van der Waals surface area contributed by atoms with E-state index in [0.717, 1.165) is 63.0 Å². The summed E-state index contributed by atoms with van der Waals surface area (Å²) in [4.78, 5) is 14.4. The van der Waals surface area contributed by atoms with Gasteiger partial charge in [-0.25, -0.2) is 9.67 Å². The van der Waals surface area contributed by atoms with Gasteiger partial charge in [-0.1, -0.05) is 0 Å². The standard InChI is InChI=1S/C20H38N8O/c1-4-21-20(22-9-5-11-27-12-6-10-26(2)13-14-27)23-17-7-8-19-24-18(16-29-3)25-28(19)15-17/h17H,4-16H2,1-3H3,(H2,21,22,23). The molecule has 1 atom stereocenters. The summed E-state index contributed by atoms with van der Waals surface area (Å²) in [5.41, 5.74) is 0. The number of guanidine groups is 1. The molecule has 0 aliphatic carbocycles. The van der Waals surface area contributed by atoms with Crippen molar-refractivity contribution in [2.24, 2.45) is 4.99 Å². The molecule has 9 nitrogen and oxygen atoms in total. The van der Waals surface area contributed by atoms with Gasteiger partial charge in [-0.3, -0.25) is 4.99 Å². The van der Waals surface area contributed by atoms with Crippen molar-refractivity contribution in [2.45, 2.75) is 51.8 Å². The summed E-state index contributed by atoms with van der Waals surface area (Å²) in [5.74, 6) is 2.73.